The first-order valence-corrected chi connectivity index (χ1v) is 6.06. The van der Waals surface area contributed by atoms with Crippen LogP contribution in [0.25, 0.3) is 0 Å². The predicted molar refractivity (Wildman–Crippen MR) is 70.8 cm³/mol. The van der Waals surface area contributed by atoms with Crippen molar-refractivity contribution in [2.45, 2.75) is 31.8 Å². The van der Waals surface area contributed by atoms with Gasteiger partial charge in [0.05, 0.1) is 0 Å². The highest BCUT2D eigenvalue weighted by Gasteiger charge is 2.14. The first-order chi connectivity index (χ1) is 7.50. The lowest BCUT2D eigenvalue weighted by Gasteiger charge is -2.25. The van der Waals surface area contributed by atoms with Gasteiger partial charge in [-0.3, -0.25) is 0 Å². The Balaban J connectivity index is 2.73. The van der Waals surface area contributed by atoms with E-state index in [1.165, 1.54) is 5.56 Å². The Hall–Kier alpha value is -0.570. The first-order valence-electron chi connectivity index (χ1n) is 5.68. The summed E-state index contributed by atoms with van der Waals surface area (Å²) < 4.78 is 0. The van der Waals surface area contributed by atoms with Crippen LogP contribution in [0.3, 0.4) is 0 Å². The lowest BCUT2D eigenvalue weighted by atomic mass is 9.99. The average molecular weight is 241 g/mol. The summed E-state index contributed by atoms with van der Waals surface area (Å²) in [5, 5.41) is 0.786. The van der Waals surface area contributed by atoms with Crippen molar-refractivity contribution in [1.82, 2.24) is 4.90 Å². The summed E-state index contributed by atoms with van der Waals surface area (Å²) in [7, 11) is 4.20. The van der Waals surface area contributed by atoms with E-state index in [0.717, 1.165) is 17.9 Å². The van der Waals surface area contributed by atoms with Gasteiger partial charge in [-0.1, -0.05) is 23.7 Å². The Labute approximate surface area is 103 Å². The molecule has 0 aliphatic carbocycles. The van der Waals surface area contributed by atoms with E-state index >= 15 is 0 Å². The minimum Gasteiger partial charge on any atom is -0.328 e. The van der Waals surface area contributed by atoms with E-state index in [1.54, 1.807) is 0 Å². The molecular weight excluding hydrogens is 220 g/mol. The summed E-state index contributed by atoms with van der Waals surface area (Å²) in [5.41, 5.74) is 7.10. The molecule has 1 aromatic carbocycles. The van der Waals surface area contributed by atoms with Crippen molar-refractivity contribution in [2.24, 2.45) is 5.73 Å². The van der Waals surface area contributed by atoms with Gasteiger partial charge >= 0.3 is 0 Å². The van der Waals surface area contributed by atoms with E-state index in [9.17, 15) is 0 Å². The van der Waals surface area contributed by atoms with Crippen molar-refractivity contribution in [1.29, 1.82) is 0 Å². The molecular formula is C13H21ClN2. The first kappa shape index (κ1) is 13.5. The van der Waals surface area contributed by atoms with E-state index < -0.39 is 0 Å². The maximum absolute atomic E-state index is 5.89. The highest BCUT2D eigenvalue weighted by atomic mass is 35.5. The van der Waals surface area contributed by atoms with Gasteiger partial charge in [0.2, 0.25) is 0 Å². The fourth-order valence-electron chi connectivity index (χ4n) is 1.83. The maximum Gasteiger partial charge on any atom is 0.0406 e. The second-order valence-electron chi connectivity index (χ2n) is 4.59. The number of hydrogen-bond acceptors (Lipinski definition) is 2. The predicted octanol–water partition coefficient (Wildman–Crippen LogP) is 3.07. The molecule has 0 aliphatic heterocycles. The van der Waals surface area contributed by atoms with Crippen molar-refractivity contribution in [2.75, 3.05) is 14.1 Å². The second-order valence-corrected chi connectivity index (χ2v) is 5.02. The van der Waals surface area contributed by atoms with E-state index in [2.05, 4.69) is 38.1 Å². The van der Waals surface area contributed by atoms with Crippen LogP contribution in [0.5, 0.6) is 0 Å². The molecule has 2 nitrogen and oxygen atoms in total. The van der Waals surface area contributed by atoms with Crippen molar-refractivity contribution in [3.8, 4) is 0 Å². The van der Waals surface area contributed by atoms with E-state index in [-0.39, 0.29) is 6.04 Å². The fraction of sp³-hybridized carbons (Fsp3) is 0.538. The number of halogens is 1. The molecule has 1 aromatic rings. The molecule has 2 unspecified atom stereocenters. The molecule has 90 valence electrons. The molecule has 1 rings (SSSR count). The second kappa shape index (κ2) is 6.24. The molecule has 3 heteroatoms. The molecule has 16 heavy (non-hydrogen) atoms. The van der Waals surface area contributed by atoms with Crippen molar-refractivity contribution in [3.63, 3.8) is 0 Å². The number of benzene rings is 1. The zero-order chi connectivity index (χ0) is 12.1. The van der Waals surface area contributed by atoms with E-state index in [4.69, 9.17) is 17.3 Å². The van der Waals surface area contributed by atoms with Gasteiger partial charge in [-0.05, 0) is 51.6 Å². The Morgan fingerprint density at radius 1 is 1.19 bits per heavy atom. The summed E-state index contributed by atoms with van der Waals surface area (Å²) in [5.74, 6) is 0. The molecule has 0 aliphatic rings. The van der Waals surface area contributed by atoms with E-state index in [0.29, 0.717) is 6.04 Å². The monoisotopic (exact) mass is 240 g/mol. The molecule has 0 bridgehead atoms. The van der Waals surface area contributed by atoms with Gasteiger partial charge in [0.25, 0.3) is 0 Å². The van der Waals surface area contributed by atoms with Crippen LogP contribution in [0.1, 0.15) is 31.4 Å². The van der Waals surface area contributed by atoms with Gasteiger partial charge in [-0.15, -0.1) is 0 Å². The summed E-state index contributed by atoms with van der Waals surface area (Å²) in [6, 6.07) is 8.75. The Morgan fingerprint density at radius 3 is 2.19 bits per heavy atom. The molecule has 2 N–H and O–H groups in total. The molecule has 2 atom stereocenters. The minimum absolute atomic E-state index is 0.259. The Morgan fingerprint density at radius 2 is 1.75 bits per heavy atom. The third-order valence-corrected chi connectivity index (χ3v) is 3.03. The number of hydrogen-bond donors (Lipinski definition) is 1. The SMILES string of the molecule is CC(N)CCC(c1ccc(Cl)cc1)N(C)C. The third kappa shape index (κ3) is 4.12. The average Bonchev–Trinajstić information content (AvgIpc) is 2.20. The smallest absolute Gasteiger partial charge is 0.0406 e. The highest BCUT2D eigenvalue weighted by Crippen LogP contribution is 2.25. The molecule has 0 saturated heterocycles. The van der Waals surface area contributed by atoms with Crippen LogP contribution in [0, 0.1) is 0 Å². The third-order valence-electron chi connectivity index (χ3n) is 2.77. The molecule has 0 spiro atoms. The van der Waals surface area contributed by atoms with E-state index in [1.807, 2.05) is 12.1 Å². The highest BCUT2D eigenvalue weighted by molar-refractivity contribution is 6.30. The van der Waals surface area contributed by atoms with Crippen LogP contribution in [-0.2, 0) is 0 Å². The van der Waals surface area contributed by atoms with Crippen LogP contribution in [0.15, 0.2) is 24.3 Å². The Bertz CT molecular complexity index is 306. The number of rotatable bonds is 5. The van der Waals surface area contributed by atoms with Crippen LogP contribution >= 0.6 is 11.6 Å². The van der Waals surface area contributed by atoms with Gasteiger partial charge in [-0.2, -0.15) is 0 Å². The topological polar surface area (TPSA) is 29.3 Å². The standard InChI is InChI=1S/C13H21ClN2/c1-10(15)4-9-13(16(2)3)11-5-7-12(14)8-6-11/h5-8,10,13H,4,9,15H2,1-3H3. The summed E-state index contributed by atoms with van der Waals surface area (Å²) in [6.45, 7) is 2.05. The molecule has 0 radical (unpaired) electrons. The van der Waals surface area contributed by atoms with Gasteiger partial charge in [0.1, 0.15) is 0 Å². The quantitative estimate of drug-likeness (QED) is 0.857. The summed E-state index contributed by atoms with van der Waals surface area (Å²) >= 11 is 5.89. The van der Waals surface area contributed by atoms with Crippen molar-refractivity contribution in [3.05, 3.63) is 34.9 Å². The van der Waals surface area contributed by atoms with Crippen LogP contribution in [-0.4, -0.2) is 25.0 Å². The lowest BCUT2D eigenvalue weighted by molar-refractivity contribution is 0.275. The van der Waals surface area contributed by atoms with Gasteiger partial charge < -0.3 is 10.6 Å². The number of nitrogens with two attached hydrogens (primary N) is 1. The van der Waals surface area contributed by atoms with Crippen LogP contribution in [0.2, 0.25) is 5.02 Å². The van der Waals surface area contributed by atoms with Crippen LogP contribution in [0.4, 0.5) is 0 Å². The molecule has 0 amide bonds. The summed E-state index contributed by atoms with van der Waals surface area (Å²) in [4.78, 5) is 2.23. The van der Waals surface area contributed by atoms with Gasteiger partial charge in [-0.25, -0.2) is 0 Å². The van der Waals surface area contributed by atoms with Crippen molar-refractivity contribution < 1.29 is 0 Å². The largest absolute Gasteiger partial charge is 0.328 e. The molecule has 0 saturated carbocycles. The molecule has 0 fully saturated rings. The summed E-state index contributed by atoms with van der Waals surface area (Å²) in [6.07, 6.45) is 2.11. The Kier molecular flexibility index (Phi) is 5.26. The zero-order valence-electron chi connectivity index (χ0n) is 10.3. The van der Waals surface area contributed by atoms with Gasteiger partial charge in [0, 0.05) is 17.1 Å². The normalized spacial score (nSPS) is 15.1. The lowest BCUT2D eigenvalue weighted by Crippen LogP contribution is -2.23. The number of nitrogens with zero attached hydrogens (tertiary/aromatic N) is 1. The molecule has 0 aromatic heterocycles. The zero-order valence-corrected chi connectivity index (χ0v) is 11.0. The van der Waals surface area contributed by atoms with Gasteiger partial charge in [0.15, 0.2) is 0 Å². The maximum atomic E-state index is 5.89. The van der Waals surface area contributed by atoms with Crippen LogP contribution < -0.4 is 5.73 Å². The minimum atomic E-state index is 0.259. The van der Waals surface area contributed by atoms with Crippen molar-refractivity contribution >= 4 is 11.6 Å². The fourth-order valence-corrected chi connectivity index (χ4v) is 1.95. The molecule has 0 heterocycles.